The second-order valence-corrected chi connectivity index (χ2v) is 5.69. The number of fused-ring (bicyclic) bond motifs is 1. The predicted molar refractivity (Wildman–Crippen MR) is 62.8 cm³/mol. The zero-order valence-electron chi connectivity index (χ0n) is 10.2. The van der Waals surface area contributed by atoms with Gasteiger partial charge in [0.25, 0.3) is 0 Å². The van der Waals surface area contributed by atoms with Crippen molar-refractivity contribution in [3.8, 4) is 0 Å². The second kappa shape index (κ2) is 3.26. The van der Waals surface area contributed by atoms with Crippen LogP contribution in [-0.4, -0.2) is 9.78 Å². The van der Waals surface area contributed by atoms with Crippen LogP contribution < -0.4 is 5.73 Å². The molecule has 1 aromatic heterocycles. The van der Waals surface area contributed by atoms with E-state index in [-0.39, 0.29) is 0 Å². The molecule has 0 fully saturated rings. The van der Waals surface area contributed by atoms with Gasteiger partial charge in [0, 0.05) is 11.6 Å². The van der Waals surface area contributed by atoms with Gasteiger partial charge in [-0.25, -0.2) is 4.68 Å². The molecule has 0 saturated carbocycles. The van der Waals surface area contributed by atoms with Crippen molar-refractivity contribution in [2.45, 2.75) is 53.0 Å². The first-order valence-electron chi connectivity index (χ1n) is 5.76. The van der Waals surface area contributed by atoms with Gasteiger partial charge in [-0.3, -0.25) is 0 Å². The summed E-state index contributed by atoms with van der Waals surface area (Å²) in [6.07, 6.45) is 3.36. The lowest BCUT2D eigenvalue weighted by Gasteiger charge is -2.28. The molecule has 84 valence electrons. The number of rotatable bonds is 1. The molecule has 2 rings (SSSR count). The SMILES string of the molecule is CC(C)n1nc2c(c1N)CC(C)(C)CC2. The standard InChI is InChI=1S/C12H21N3/c1-8(2)15-11(13)9-7-12(3,4)6-5-10(9)14-15/h8H,5-7,13H2,1-4H3. The molecule has 0 radical (unpaired) electrons. The van der Waals surface area contributed by atoms with E-state index in [1.54, 1.807) is 0 Å². The van der Waals surface area contributed by atoms with E-state index in [1.807, 2.05) is 4.68 Å². The highest BCUT2D eigenvalue weighted by Crippen LogP contribution is 2.37. The number of aromatic nitrogens is 2. The number of hydrogen-bond donors (Lipinski definition) is 1. The van der Waals surface area contributed by atoms with E-state index in [4.69, 9.17) is 5.73 Å². The summed E-state index contributed by atoms with van der Waals surface area (Å²) < 4.78 is 1.96. The Hall–Kier alpha value is -0.990. The van der Waals surface area contributed by atoms with E-state index < -0.39 is 0 Å². The van der Waals surface area contributed by atoms with Crippen LogP contribution in [0.25, 0.3) is 0 Å². The first-order chi connectivity index (χ1) is 6.91. The average Bonchev–Trinajstić information content (AvgIpc) is 2.42. The molecule has 1 heterocycles. The average molecular weight is 207 g/mol. The van der Waals surface area contributed by atoms with Crippen LogP contribution >= 0.6 is 0 Å². The minimum absolute atomic E-state index is 0.360. The van der Waals surface area contributed by atoms with Crippen LogP contribution in [0.5, 0.6) is 0 Å². The number of hydrogen-bond acceptors (Lipinski definition) is 2. The Morgan fingerprint density at radius 2 is 2.07 bits per heavy atom. The molecule has 3 heteroatoms. The summed E-state index contributed by atoms with van der Waals surface area (Å²) in [7, 11) is 0. The van der Waals surface area contributed by atoms with E-state index >= 15 is 0 Å². The van der Waals surface area contributed by atoms with Crippen molar-refractivity contribution in [1.82, 2.24) is 9.78 Å². The molecule has 0 unspecified atom stereocenters. The Labute approximate surface area is 91.7 Å². The van der Waals surface area contributed by atoms with E-state index in [0.29, 0.717) is 11.5 Å². The highest BCUT2D eigenvalue weighted by Gasteiger charge is 2.30. The van der Waals surface area contributed by atoms with Crippen LogP contribution in [-0.2, 0) is 12.8 Å². The maximum atomic E-state index is 6.15. The monoisotopic (exact) mass is 207 g/mol. The summed E-state index contributed by atoms with van der Waals surface area (Å²) in [6.45, 7) is 8.87. The number of anilines is 1. The molecule has 0 amide bonds. The second-order valence-electron chi connectivity index (χ2n) is 5.69. The minimum atomic E-state index is 0.360. The lowest BCUT2D eigenvalue weighted by atomic mass is 9.76. The lowest BCUT2D eigenvalue weighted by Crippen LogP contribution is -2.22. The quantitative estimate of drug-likeness (QED) is 0.769. The highest BCUT2D eigenvalue weighted by atomic mass is 15.3. The predicted octanol–water partition coefficient (Wildman–Crippen LogP) is 2.56. The summed E-state index contributed by atoms with van der Waals surface area (Å²) in [5.74, 6) is 0.882. The Bertz CT molecular complexity index is 374. The molecule has 1 aliphatic rings. The van der Waals surface area contributed by atoms with E-state index in [0.717, 1.165) is 18.7 Å². The van der Waals surface area contributed by atoms with Gasteiger partial charge in [-0.2, -0.15) is 5.10 Å². The van der Waals surface area contributed by atoms with Gasteiger partial charge in [0.1, 0.15) is 5.82 Å². The molecule has 2 N–H and O–H groups in total. The van der Waals surface area contributed by atoms with Crippen molar-refractivity contribution in [3.63, 3.8) is 0 Å². The fraction of sp³-hybridized carbons (Fsp3) is 0.750. The smallest absolute Gasteiger partial charge is 0.125 e. The molecule has 0 saturated heterocycles. The summed E-state index contributed by atoms with van der Waals surface area (Å²) in [5, 5.41) is 4.61. The van der Waals surface area contributed by atoms with Crippen LogP contribution in [0, 0.1) is 5.41 Å². The minimum Gasteiger partial charge on any atom is -0.384 e. The zero-order valence-corrected chi connectivity index (χ0v) is 10.2. The highest BCUT2D eigenvalue weighted by molar-refractivity contribution is 5.45. The third-order valence-corrected chi connectivity index (χ3v) is 3.32. The Kier molecular flexibility index (Phi) is 2.28. The molecular weight excluding hydrogens is 186 g/mol. The van der Waals surface area contributed by atoms with Crippen molar-refractivity contribution in [1.29, 1.82) is 0 Å². The van der Waals surface area contributed by atoms with Gasteiger partial charge in [-0.1, -0.05) is 13.8 Å². The van der Waals surface area contributed by atoms with Crippen LogP contribution in [0.4, 0.5) is 5.82 Å². The molecule has 0 atom stereocenters. The molecular formula is C12H21N3. The van der Waals surface area contributed by atoms with Crippen molar-refractivity contribution in [2.24, 2.45) is 5.41 Å². The number of nitrogen functional groups attached to an aromatic ring is 1. The summed E-state index contributed by atoms with van der Waals surface area (Å²) in [6, 6.07) is 0.360. The van der Waals surface area contributed by atoms with Gasteiger partial charge in [-0.05, 0) is 38.5 Å². The maximum absolute atomic E-state index is 6.15. The van der Waals surface area contributed by atoms with Crippen molar-refractivity contribution in [2.75, 3.05) is 5.73 Å². The molecule has 3 nitrogen and oxygen atoms in total. The van der Waals surface area contributed by atoms with Gasteiger partial charge in [0.05, 0.1) is 5.69 Å². The van der Waals surface area contributed by atoms with E-state index in [2.05, 4.69) is 32.8 Å². The third-order valence-electron chi connectivity index (χ3n) is 3.32. The number of nitrogens with two attached hydrogens (primary N) is 1. The number of aryl methyl sites for hydroxylation is 1. The Balaban J connectivity index is 2.42. The van der Waals surface area contributed by atoms with Gasteiger partial charge in [-0.15, -0.1) is 0 Å². The molecule has 1 aromatic rings. The summed E-state index contributed by atoms with van der Waals surface area (Å²) in [5.41, 5.74) is 9.04. The largest absolute Gasteiger partial charge is 0.384 e. The van der Waals surface area contributed by atoms with Crippen LogP contribution in [0.15, 0.2) is 0 Å². The first kappa shape index (κ1) is 10.5. The zero-order chi connectivity index (χ0) is 11.2. The number of nitrogens with zero attached hydrogens (tertiary/aromatic N) is 2. The Morgan fingerprint density at radius 1 is 1.40 bits per heavy atom. The van der Waals surface area contributed by atoms with Gasteiger partial charge in [0.2, 0.25) is 0 Å². The first-order valence-corrected chi connectivity index (χ1v) is 5.76. The topological polar surface area (TPSA) is 43.8 Å². The van der Waals surface area contributed by atoms with Crippen LogP contribution in [0.2, 0.25) is 0 Å². The van der Waals surface area contributed by atoms with E-state index in [1.165, 1.54) is 17.7 Å². The van der Waals surface area contributed by atoms with Gasteiger partial charge < -0.3 is 5.73 Å². The Morgan fingerprint density at radius 3 is 2.67 bits per heavy atom. The van der Waals surface area contributed by atoms with Crippen molar-refractivity contribution >= 4 is 5.82 Å². The van der Waals surface area contributed by atoms with Gasteiger partial charge >= 0.3 is 0 Å². The molecule has 0 bridgehead atoms. The van der Waals surface area contributed by atoms with Crippen LogP contribution in [0.1, 0.15) is 51.4 Å². The van der Waals surface area contributed by atoms with E-state index in [9.17, 15) is 0 Å². The molecule has 0 aromatic carbocycles. The fourth-order valence-electron chi connectivity index (χ4n) is 2.34. The molecule has 1 aliphatic carbocycles. The fourth-order valence-corrected chi connectivity index (χ4v) is 2.34. The van der Waals surface area contributed by atoms with Crippen molar-refractivity contribution in [3.05, 3.63) is 11.3 Å². The molecule has 15 heavy (non-hydrogen) atoms. The van der Waals surface area contributed by atoms with Crippen LogP contribution in [0.3, 0.4) is 0 Å². The molecule has 0 aliphatic heterocycles. The van der Waals surface area contributed by atoms with Gasteiger partial charge in [0.15, 0.2) is 0 Å². The maximum Gasteiger partial charge on any atom is 0.125 e. The summed E-state index contributed by atoms with van der Waals surface area (Å²) in [4.78, 5) is 0. The molecule has 0 spiro atoms. The lowest BCUT2D eigenvalue weighted by molar-refractivity contribution is 0.314. The third kappa shape index (κ3) is 1.75. The summed E-state index contributed by atoms with van der Waals surface area (Å²) >= 11 is 0. The normalized spacial score (nSPS) is 19.3. The van der Waals surface area contributed by atoms with Crippen molar-refractivity contribution < 1.29 is 0 Å².